The van der Waals surface area contributed by atoms with Gasteiger partial charge in [0, 0.05) is 24.7 Å². The summed E-state index contributed by atoms with van der Waals surface area (Å²) >= 11 is 6.05. The molecule has 0 bridgehead atoms. The summed E-state index contributed by atoms with van der Waals surface area (Å²) in [6, 6.07) is 6.63. The summed E-state index contributed by atoms with van der Waals surface area (Å²) in [7, 11) is 0. The molecule has 2 heteroatoms. The fourth-order valence-corrected chi connectivity index (χ4v) is 2.89. The Hall–Kier alpha value is -0.690. The molecule has 0 amide bonds. The molecule has 1 aliphatic rings. The third-order valence-electron chi connectivity index (χ3n) is 3.89. The van der Waals surface area contributed by atoms with Crippen LogP contribution < -0.4 is 4.90 Å². The van der Waals surface area contributed by atoms with Crippen LogP contribution in [0.15, 0.2) is 18.2 Å². The minimum atomic E-state index is 0.611. The van der Waals surface area contributed by atoms with Crippen LogP contribution in [-0.2, 0) is 5.88 Å². The smallest absolute Gasteiger partial charge is 0.0494 e. The zero-order valence-corrected chi connectivity index (χ0v) is 11.8. The van der Waals surface area contributed by atoms with E-state index in [-0.39, 0.29) is 0 Å². The Morgan fingerprint density at radius 2 is 2.18 bits per heavy atom. The third kappa shape index (κ3) is 2.77. The molecule has 1 aliphatic heterocycles. The minimum Gasteiger partial charge on any atom is -0.371 e. The molecule has 2 rings (SSSR count). The maximum absolute atomic E-state index is 6.05. The van der Waals surface area contributed by atoms with E-state index in [0.29, 0.717) is 5.88 Å². The van der Waals surface area contributed by atoms with E-state index < -0.39 is 0 Å². The van der Waals surface area contributed by atoms with Gasteiger partial charge in [-0.15, -0.1) is 11.6 Å². The molecule has 0 aromatic heterocycles. The molecule has 0 saturated carbocycles. The van der Waals surface area contributed by atoms with Gasteiger partial charge in [-0.3, -0.25) is 0 Å². The van der Waals surface area contributed by atoms with Gasteiger partial charge in [-0.05, 0) is 36.8 Å². The quantitative estimate of drug-likeness (QED) is 0.728. The molecular formula is C15H22ClN. The highest BCUT2D eigenvalue weighted by Gasteiger charge is 2.25. The Labute approximate surface area is 110 Å². The lowest BCUT2D eigenvalue weighted by Crippen LogP contribution is -2.22. The molecule has 0 spiro atoms. The monoisotopic (exact) mass is 251 g/mol. The van der Waals surface area contributed by atoms with Crippen LogP contribution in [0.3, 0.4) is 0 Å². The van der Waals surface area contributed by atoms with Gasteiger partial charge in [0.15, 0.2) is 0 Å². The predicted octanol–water partition coefficient (Wildman–Crippen LogP) is 4.22. The molecule has 1 heterocycles. The third-order valence-corrected chi connectivity index (χ3v) is 4.18. The number of nitrogens with zero attached hydrogens (tertiary/aromatic N) is 1. The highest BCUT2D eigenvalue weighted by atomic mass is 35.5. The summed E-state index contributed by atoms with van der Waals surface area (Å²) in [4.78, 5) is 2.50. The summed E-state index contributed by atoms with van der Waals surface area (Å²) in [5, 5.41) is 0. The van der Waals surface area contributed by atoms with Crippen molar-refractivity contribution < 1.29 is 0 Å². The number of alkyl halides is 1. The molecule has 0 N–H and O–H groups in total. The van der Waals surface area contributed by atoms with E-state index in [0.717, 1.165) is 11.8 Å². The number of hydrogen-bond acceptors (Lipinski definition) is 1. The van der Waals surface area contributed by atoms with Crippen molar-refractivity contribution in [3.05, 3.63) is 29.3 Å². The summed E-state index contributed by atoms with van der Waals surface area (Å²) < 4.78 is 0. The second-order valence-corrected chi connectivity index (χ2v) is 5.77. The van der Waals surface area contributed by atoms with Gasteiger partial charge >= 0.3 is 0 Å². The molecule has 1 saturated heterocycles. The van der Waals surface area contributed by atoms with Gasteiger partial charge in [0.25, 0.3) is 0 Å². The zero-order chi connectivity index (χ0) is 12.4. The molecule has 1 atom stereocenters. The maximum atomic E-state index is 6.05. The lowest BCUT2D eigenvalue weighted by atomic mass is 9.95. The molecule has 1 fully saturated rings. The van der Waals surface area contributed by atoms with Crippen LogP contribution in [0, 0.1) is 18.8 Å². The number of benzene rings is 1. The first-order chi connectivity index (χ1) is 8.11. The fraction of sp³-hybridized carbons (Fsp3) is 0.600. The van der Waals surface area contributed by atoms with Crippen LogP contribution in [0.25, 0.3) is 0 Å². The summed E-state index contributed by atoms with van der Waals surface area (Å²) in [5.74, 6) is 2.23. The van der Waals surface area contributed by atoms with Crippen molar-refractivity contribution in [1.29, 1.82) is 0 Å². The van der Waals surface area contributed by atoms with Crippen LogP contribution in [0.2, 0.25) is 0 Å². The number of halogens is 1. The van der Waals surface area contributed by atoms with Crippen molar-refractivity contribution in [3.63, 3.8) is 0 Å². The number of aryl methyl sites for hydroxylation is 1. The van der Waals surface area contributed by atoms with E-state index in [1.165, 1.54) is 36.3 Å². The standard InChI is InChI=1S/C15H22ClN/c1-11(2)13-6-7-17(10-13)15-5-4-12(3)8-14(15)9-16/h4-5,8,11,13H,6-7,9-10H2,1-3H3. The number of rotatable bonds is 3. The SMILES string of the molecule is Cc1ccc(N2CCC(C(C)C)C2)c(CCl)c1. The molecule has 1 aromatic carbocycles. The number of anilines is 1. The lowest BCUT2D eigenvalue weighted by molar-refractivity contribution is 0.422. The predicted molar refractivity (Wildman–Crippen MR) is 75.9 cm³/mol. The fourth-order valence-electron chi connectivity index (χ4n) is 2.68. The second-order valence-electron chi connectivity index (χ2n) is 5.50. The largest absolute Gasteiger partial charge is 0.371 e. The normalized spacial score (nSPS) is 20.3. The zero-order valence-electron chi connectivity index (χ0n) is 11.0. The van der Waals surface area contributed by atoms with Crippen LogP contribution in [0.4, 0.5) is 5.69 Å². The van der Waals surface area contributed by atoms with E-state index in [2.05, 4.69) is 43.9 Å². The van der Waals surface area contributed by atoms with E-state index in [1.807, 2.05) is 0 Å². The highest BCUT2D eigenvalue weighted by Crippen LogP contribution is 2.31. The van der Waals surface area contributed by atoms with Gasteiger partial charge in [-0.1, -0.05) is 31.5 Å². The van der Waals surface area contributed by atoms with Gasteiger partial charge in [0.2, 0.25) is 0 Å². The molecule has 94 valence electrons. The topological polar surface area (TPSA) is 3.24 Å². The van der Waals surface area contributed by atoms with Crippen molar-refractivity contribution >= 4 is 17.3 Å². The number of hydrogen-bond donors (Lipinski definition) is 0. The van der Waals surface area contributed by atoms with Crippen molar-refractivity contribution in [2.75, 3.05) is 18.0 Å². The minimum absolute atomic E-state index is 0.611. The first-order valence-electron chi connectivity index (χ1n) is 6.52. The Morgan fingerprint density at radius 1 is 1.41 bits per heavy atom. The summed E-state index contributed by atoms with van der Waals surface area (Å²) in [6.07, 6.45) is 1.31. The first kappa shape index (κ1) is 12.8. The van der Waals surface area contributed by atoms with Crippen LogP contribution in [-0.4, -0.2) is 13.1 Å². The summed E-state index contributed by atoms with van der Waals surface area (Å²) in [5.41, 5.74) is 3.91. The van der Waals surface area contributed by atoms with E-state index in [1.54, 1.807) is 0 Å². The van der Waals surface area contributed by atoms with Crippen LogP contribution >= 0.6 is 11.6 Å². The average Bonchev–Trinajstić information content (AvgIpc) is 2.78. The van der Waals surface area contributed by atoms with Crippen molar-refractivity contribution in [2.24, 2.45) is 11.8 Å². The lowest BCUT2D eigenvalue weighted by Gasteiger charge is -2.22. The van der Waals surface area contributed by atoms with Crippen molar-refractivity contribution in [1.82, 2.24) is 0 Å². The molecule has 1 aromatic rings. The first-order valence-corrected chi connectivity index (χ1v) is 7.05. The van der Waals surface area contributed by atoms with Gasteiger partial charge in [0.1, 0.15) is 0 Å². The highest BCUT2D eigenvalue weighted by molar-refractivity contribution is 6.17. The Kier molecular flexibility index (Phi) is 3.98. The maximum Gasteiger partial charge on any atom is 0.0494 e. The van der Waals surface area contributed by atoms with E-state index >= 15 is 0 Å². The molecule has 1 unspecified atom stereocenters. The van der Waals surface area contributed by atoms with Gasteiger partial charge in [0.05, 0.1) is 0 Å². The van der Waals surface area contributed by atoms with Crippen molar-refractivity contribution in [3.8, 4) is 0 Å². The Balaban J connectivity index is 2.18. The summed E-state index contributed by atoms with van der Waals surface area (Å²) in [6.45, 7) is 9.14. The average molecular weight is 252 g/mol. The molecular weight excluding hydrogens is 230 g/mol. The van der Waals surface area contributed by atoms with Gasteiger partial charge < -0.3 is 4.90 Å². The molecule has 17 heavy (non-hydrogen) atoms. The van der Waals surface area contributed by atoms with Gasteiger partial charge in [-0.25, -0.2) is 0 Å². The molecule has 0 aliphatic carbocycles. The van der Waals surface area contributed by atoms with Crippen LogP contribution in [0.5, 0.6) is 0 Å². The Bertz CT molecular complexity index is 387. The van der Waals surface area contributed by atoms with Crippen molar-refractivity contribution in [2.45, 2.75) is 33.1 Å². The molecule has 0 radical (unpaired) electrons. The molecule has 1 nitrogen and oxygen atoms in total. The Morgan fingerprint density at radius 3 is 2.76 bits per heavy atom. The van der Waals surface area contributed by atoms with E-state index in [4.69, 9.17) is 11.6 Å². The second kappa shape index (κ2) is 5.30. The van der Waals surface area contributed by atoms with Crippen LogP contribution in [0.1, 0.15) is 31.4 Å². The van der Waals surface area contributed by atoms with Gasteiger partial charge in [-0.2, -0.15) is 0 Å². The van der Waals surface area contributed by atoms with E-state index in [9.17, 15) is 0 Å².